The Hall–Kier alpha value is -1.09. The number of halogens is 2. The van der Waals surface area contributed by atoms with Crippen LogP contribution in [-0.2, 0) is 9.53 Å². The van der Waals surface area contributed by atoms with Gasteiger partial charge in [0, 0.05) is 17.6 Å². The lowest BCUT2D eigenvalue weighted by Crippen LogP contribution is -2.51. The minimum atomic E-state index is -0.739. The van der Waals surface area contributed by atoms with Gasteiger partial charge < -0.3 is 14.8 Å². The minimum absolute atomic E-state index is 0.169. The first-order valence-corrected chi connectivity index (χ1v) is 9.10. The van der Waals surface area contributed by atoms with Crippen molar-refractivity contribution in [2.45, 2.75) is 32.0 Å². The first-order valence-electron chi connectivity index (χ1n) is 7.52. The molecular formula is C15H19BrClN3O3S. The van der Waals surface area contributed by atoms with Crippen molar-refractivity contribution in [3.63, 3.8) is 0 Å². The summed E-state index contributed by atoms with van der Waals surface area (Å²) in [5.74, 6) is 0.0665. The van der Waals surface area contributed by atoms with Gasteiger partial charge in [-0.2, -0.15) is 0 Å². The number of nitrogens with one attached hydrogen (secondary N) is 3. The second-order valence-corrected chi connectivity index (χ2v) is 7.03. The Morgan fingerprint density at radius 2 is 2.33 bits per heavy atom. The van der Waals surface area contributed by atoms with Crippen LogP contribution in [0.4, 0.5) is 0 Å². The maximum atomic E-state index is 12.0. The van der Waals surface area contributed by atoms with E-state index >= 15 is 0 Å². The number of thiocarbonyl (C=S) groups is 1. The Bertz CT molecular complexity index is 599. The maximum Gasteiger partial charge on any atom is 0.279 e. The van der Waals surface area contributed by atoms with Crippen molar-refractivity contribution in [3.8, 4) is 5.75 Å². The molecule has 0 radical (unpaired) electrons. The van der Waals surface area contributed by atoms with Crippen LogP contribution in [0.5, 0.6) is 5.75 Å². The second-order valence-electron chi connectivity index (χ2n) is 5.29. The number of carbonyl (C=O) groups is 1. The summed E-state index contributed by atoms with van der Waals surface area (Å²) in [5.41, 5.74) is 5.14. The molecule has 1 aliphatic rings. The van der Waals surface area contributed by atoms with E-state index in [2.05, 4.69) is 32.1 Å². The van der Waals surface area contributed by atoms with Gasteiger partial charge in [-0.25, -0.2) is 0 Å². The van der Waals surface area contributed by atoms with Gasteiger partial charge in [0.15, 0.2) is 11.2 Å². The molecule has 6 nitrogen and oxygen atoms in total. The third kappa shape index (κ3) is 6.08. The molecule has 24 heavy (non-hydrogen) atoms. The fraction of sp³-hybridized carbons (Fsp3) is 0.467. The molecule has 3 N–H and O–H groups in total. The fourth-order valence-electron chi connectivity index (χ4n) is 2.09. The highest BCUT2D eigenvalue weighted by molar-refractivity contribution is 9.10. The molecule has 0 aromatic heterocycles. The molecule has 1 fully saturated rings. The molecule has 1 saturated heterocycles. The summed E-state index contributed by atoms with van der Waals surface area (Å²) >= 11 is 14.5. The standard InChI is InChI=1S/C15H19BrClN3O3S/c1-9(23-13-5-4-10(16)7-12(13)17)14(21)19-20-15(24)18-8-11-3-2-6-22-11/h4-5,7,9,11H,2-3,6,8H2,1H3,(H,19,21)(H2,18,20,24)/t9-,11-/m0/s1. The fourth-order valence-corrected chi connectivity index (χ4v) is 2.94. The highest BCUT2D eigenvalue weighted by Gasteiger charge is 2.17. The van der Waals surface area contributed by atoms with Gasteiger partial charge in [0.1, 0.15) is 5.75 Å². The maximum absolute atomic E-state index is 12.0. The highest BCUT2D eigenvalue weighted by atomic mass is 79.9. The molecule has 9 heteroatoms. The van der Waals surface area contributed by atoms with E-state index in [4.69, 9.17) is 33.3 Å². The Kier molecular flexibility index (Phi) is 7.54. The van der Waals surface area contributed by atoms with Gasteiger partial charge in [0.05, 0.1) is 11.1 Å². The number of rotatable bonds is 5. The number of hydrogen-bond acceptors (Lipinski definition) is 4. The number of hydrazine groups is 1. The lowest BCUT2D eigenvalue weighted by atomic mass is 10.2. The van der Waals surface area contributed by atoms with Crippen LogP contribution >= 0.6 is 39.7 Å². The third-order valence-electron chi connectivity index (χ3n) is 3.38. The number of hydrogen-bond donors (Lipinski definition) is 3. The van der Waals surface area contributed by atoms with Crippen molar-refractivity contribution in [2.24, 2.45) is 0 Å². The largest absolute Gasteiger partial charge is 0.479 e. The van der Waals surface area contributed by atoms with E-state index in [0.717, 1.165) is 23.9 Å². The number of ether oxygens (including phenoxy) is 2. The normalized spacial score (nSPS) is 17.9. The lowest BCUT2D eigenvalue weighted by Gasteiger charge is -2.18. The van der Waals surface area contributed by atoms with E-state index in [1.165, 1.54) is 0 Å². The number of benzene rings is 1. The van der Waals surface area contributed by atoms with Crippen molar-refractivity contribution in [2.75, 3.05) is 13.2 Å². The van der Waals surface area contributed by atoms with Crippen molar-refractivity contribution in [3.05, 3.63) is 27.7 Å². The van der Waals surface area contributed by atoms with E-state index in [0.29, 0.717) is 22.4 Å². The van der Waals surface area contributed by atoms with Crippen LogP contribution in [-0.4, -0.2) is 36.4 Å². The molecule has 1 aromatic carbocycles. The summed E-state index contributed by atoms with van der Waals surface area (Å²) in [6.07, 6.45) is 1.51. The van der Waals surface area contributed by atoms with Crippen LogP contribution < -0.4 is 20.9 Å². The third-order valence-corrected chi connectivity index (χ3v) is 4.42. The first kappa shape index (κ1) is 19.2. The SMILES string of the molecule is C[C@H](Oc1ccc(Br)cc1Cl)C(=O)NNC(=S)NC[C@@H]1CCCO1. The molecule has 1 amide bonds. The average molecular weight is 437 g/mol. The molecule has 1 aliphatic heterocycles. The summed E-state index contributed by atoms with van der Waals surface area (Å²) in [5, 5.41) is 3.75. The van der Waals surface area contributed by atoms with Gasteiger partial charge in [-0.3, -0.25) is 15.6 Å². The van der Waals surface area contributed by atoms with Crippen LogP contribution in [0.1, 0.15) is 19.8 Å². The van der Waals surface area contributed by atoms with Crippen LogP contribution in [0.15, 0.2) is 22.7 Å². The Morgan fingerprint density at radius 1 is 1.54 bits per heavy atom. The zero-order valence-corrected chi connectivity index (χ0v) is 16.3. The van der Waals surface area contributed by atoms with Gasteiger partial charge in [0.2, 0.25) is 0 Å². The molecule has 1 aromatic rings. The molecule has 0 unspecified atom stereocenters. The number of carbonyl (C=O) groups excluding carboxylic acids is 1. The van der Waals surface area contributed by atoms with E-state index in [-0.39, 0.29) is 12.0 Å². The number of amides is 1. The Labute approximate surface area is 159 Å². The summed E-state index contributed by atoms with van der Waals surface area (Å²) in [6, 6.07) is 5.18. The zero-order valence-electron chi connectivity index (χ0n) is 13.1. The predicted molar refractivity (Wildman–Crippen MR) is 100 cm³/mol. The van der Waals surface area contributed by atoms with Crippen LogP contribution in [0.3, 0.4) is 0 Å². The first-order chi connectivity index (χ1) is 11.5. The molecular weight excluding hydrogens is 418 g/mol. The van der Waals surface area contributed by atoms with Crippen molar-refractivity contribution in [1.82, 2.24) is 16.2 Å². The van der Waals surface area contributed by atoms with Crippen molar-refractivity contribution in [1.29, 1.82) is 0 Å². The predicted octanol–water partition coefficient (Wildman–Crippen LogP) is 2.54. The lowest BCUT2D eigenvalue weighted by molar-refractivity contribution is -0.127. The second kappa shape index (κ2) is 9.41. The van der Waals surface area contributed by atoms with Gasteiger partial charge in [0.25, 0.3) is 5.91 Å². The Morgan fingerprint density at radius 3 is 3.00 bits per heavy atom. The molecule has 2 atom stereocenters. The summed E-state index contributed by atoms with van der Waals surface area (Å²) in [6.45, 7) is 3.03. The molecule has 2 rings (SSSR count). The van der Waals surface area contributed by atoms with Crippen LogP contribution in [0, 0.1) is 0 Å². The molecule has 0 aliphatic carbocycles. The van der Waals surface area contributed by atoms with Crippen LogP contribution in [0.25, 0.3) is 0 Å². The molecule has 1 heterocycles. The monoisotopic (exact) mass is 435 g/mol. The van der Waals surface area contributed by atoms with Gasteiger partial charge in [-0.1, -0.05) is 27.5 Å². The van der Waals surface area contributed by atoms with Crippen molar-refractivity contribution < 1.29 is 14.3 Å². The van der Waals surface area contributed by atoms with Crippen LogP contribution in [0.2, 0.25) is 5.02 Å². The molecule has 0 bridgehead atoms. The zero-order chi connectivity index (χ0) is 17.5. The summed E-state index contributed by atoms with van der Waals surface area (Å²) in [4.78, 5) is 12.0. The highest BCUT2D eigenvalue weighted by Crippen LogP contribution is 2.28. The topological polar surface area (TPSA) is 71.6 Å². The van der Waals surface area contributed by atoms with E-state index < -0.39 is 6.10 Å². The quantitative estimate of drug-likeness (QED) is 0.487. The molecule has 132 valence electrons. The summed E-state index contributed by atoms with van der Waals surface area (Å²) in [7, 11) is 0. The Balaban J connectivity index is 1.71. The van der Waals surface area contributed by atoms with Crippen molar-refractivity contribution >= 4 is 50.8 Å². The smallest absolute Gasteiger partial charge is 0.279 e. The molecule has 0 spiro atoms. The average Bonchev–Trinajstić information content (AvgIpc) is 3.06. The minimum Gasteiger partial charge on any atom is -0.479 e. The summed E-state index contributed by atoms with van der Waals surface area (Å²) < 4.78 is 11.9. The van der Waals surface area contributed by atoms with E-state index in [9.17, 15) is 4.79 Å². The van der Waals surface area contributed by atoms with Gasteiger partial charge >= 0.3 is 0 Å². The van der Waals surface area contributed by atoms with Gasteiger partial charge in [-0.15, -0.1) is 0 Å². The van der Waals surface area contributed by atoms with E-state index in [1.807, 2.05) is 0 Å². The molecule has 0 saturated carbocycles. The van der Waals surface area contributed by atoms with E-state index in [1.54, 1.807) is 25.1 Å². The van der Waals surface area contributed by atoms with Gasteiger partial charge in [-0.05, 0) is 50.2 Å².